The van der Waals surface area contributed by atoms with E-state index in [9.17, 15) is 5.11 Å². The molecule has 3 heteroatoms. The molecule has 0 saturated heterocycles. The molecule has 1 rings (SSSR count). The minimum atomic E-state index is -0.717. The Kier molecular flexibility index (Phi) is 3.67. The van der Waals surface area contributed by atoms with Gasteiger partial charge in [0.05, 0.1) is 5.60 Å². The Hall–Kier alpha value is -0.410. The topological polar surface area (TPSA) is 33.1 Å². The average Bonchev–Trinajstić information content (AvgIpc) is 2.02. The molecule has 0 radical (unpaired) electrons. The van der Waals surface area contributed by atoms with Gasteiger partial charge >= 0.3 is 0 Å². The van der Waals surface area contributed by atoms with Gasteiger partial charge in [-0.2, -0.15) is 0 Å². The van der Waals surface area contributed by atoms with Gasteiger partial charge in [0.15, 0.2) is 0 Å². The highest BCUT2D eigenvalue weighted by atomic mass is 79.9. The van der Waals surface area contributed by atoms with Gasteiger partial charge in [0.1, 0.15) is 0 Å². The van der Waals surface area contributed by atoms with E-state index >= 15 is 0 Å². The van der Waals surface area contributed by atoms with Gasteiger partial charge in [-0.15, -0.1) is 0 Å². The largest absolute Gasteiger partial charge is 0.389 e. The van der Waals surface area contributed by atoms with E-state index in [-0.39, 0.29) is 4.83 Å². The number of hydrogen-bond donors (Lipinski definition) is 1. The van der Waals surface area contributed by atoms with Gasteiger partial charge in [0.25, 0.3) is 0 Å². The van der Waals surface area contributed by atoms with E-state index in [1.165, 1.54) is 0 Å². The maximum absolute atomic E-state index is 9.74. The second-order valence-corrected chi connectivity index (χ2v) is 5.20. The van der Waals surface area contributed by atoms with Gasteiger partial charge in [-0.25, -0.2) is 0 Å². The molecule has 1 aromatic heterocycles. The zero-order chi connectivity index (χ0) is 10.8. The van der Waals surface area contributed by atoms with E-state index < -0.39 is 5.60 Å². The Morgan fingerprint density at radius 2 is 2.14 bits per heavy atom. The van der Waals surface area contributed by atoms with Gasteiger partial charge in [-0.05, 0) is 32.9 Å². The van der Waals surface area contributed by atoms with Crippen LogP contribution in [0.1, 0.15) is 25.2 Å². The molecule has 0 aliphatic heterocycles. The van der Waals surface area contributed by atoms with E-state index in [1.54, 1.807) is 13.8 Å². The molecular weight excluding hydrogens is 242 g/mol. The summed E-state index contributed by atoms with van der Waals surface area (Å²) in [5, 5.41) is 9.74. The smallest absolute Gasteiger partial charge is 0.0720 e. The van der Waals surface area contributed by atoms with Crippen molar-refractivity contribution in [2.45, 2.75) is 37.6 Å². The summed E-state index contributed by atoms with van der Waals surface area (Å²) < 4.78 is 0. The summed E-state index contributed by atoms with van der Waals surface area (Å²) in [6, 6.07) is 5.94. The number of pyridine rings is 1. The molecule has 1 atom stereocenters. The molecule has 0 bridgehead atoms. The van der Waals surface area contributed by atoms with Crippen molar-refractivity contribution in [3.63, 3.8) is 0 Å². The first kappa shape index (κ1) is 11.7. The fraction of sp³-hybridized carbons (Fsp3) is 0.545. The van der Waals surface area contributed by atoms with Crippen LogP contribution in [0.5, 0.6) is 0 Å². The van der Waals surface area contributed by atoms with Crippen LogP contribution in [0.3, 0.4) is 0 Å². The van der Waals surface area contributed by atoms with Crippen molar-refractivity contribution >= 4 is 15.9 Å². The molecule has 1 unspecified atom stereocenters. The average molecular weight is 258 g/mol. The van der Waals surface area contributed by atoms with Crippen LogP contribution in [0.4, 0.5) is 0 Å². The molecule has 0 aliphatic carbocycles. The summed E-state index contributed by atoms with van der Waals surface area (Å²) in [4.78, 5) is 4.42. The summed E-state index contributed by atoms with van der Waals surface area (Å²) in [6.07, 6.45) is 0.741. The number of aliphatic hydroxyl groups is 1. The first-order valence-electron chi connectivity index (χ1n) is 4.68. The van der Waals surface area contributed by atoms with Gasteiger partial charge in [-0.3, -0.25) is 4.98 Å². The third kappa shape index (κ3) is 3.39. The Morgan fingerprint density at radius 3 is 2.64 bits per heavy atom. The summed E-state index contributed by atoms with van der Waals surface area (Å²) in [7, 11) is 0. The second kappa shape index (κ2) is 4.41. The lowest BCUT2D eigenvalue weighted by Crippen LogP contribution is -2.33. The number of halogens is 1. The molecule has 1 aromatic rings. The Bertz CT molecular complexity index is 306. The summed E-state index contributed by atoms with van der Waals surface area (Å²) >= 11 is 3.47. The van der Waals surface area contributed by atoms with Crippen molar-refractivity contribution in [2.24, 2.45) is 0 Å². The number of rotatable bonds is 3. The van der Waals surface area contributed by atoms with Crippen molar-refractivity contribution in [3.05, 3.63) is 29.6 Å². The van der Waals surface area contributed by atoms with Crippen molar-refractivity contribution in [1.82, 2.24) is 4.98 Å². The molecule has 1 heterocycles. The lowest BCUT2D eigenvalue weighted by atomic mass is 10.0. The van der Waals surface area contributed by atoms with Crippen LogP contribution in [0.25, 0.3) is 0 Å². The summed E-state index contributed by atoms with van der Waals surface area (Å²) in [5.74, 6) is 0. The highest BCUT2D eigenvalue weighted by molar-refractivity contribution is 9.09. The summed E-state index contributed by atoms with van der Waals surface area (Å²) in [5.41, 5.74) is 1.30. The van der Waals surface area contributed by atoms with Gasteiger partial charge in [0, 0.05) is 22.6 Å². The normalized spacial score (nSPS) is 14.1. The predicted octanol–water partition coefficient (Wildman–Crippen LogP) is 2.47. The predicted molar refractivity (Wildman–Crippen MR) is 61.7 cm³/mol. The third-order valence-corrected chi connectivity index (χ3v) is 3.55. The molecule has 0 aliphatic rings. The second-order valence-electron chi connectivity index (χ2n) is 4.10. The Balaban J connectivity index is 2.70. The standard InChI is InChI=1S/C11H16BrNO/c1-8-5-4-6-9(13-8)7-10(12)11(2,3)14/h4-6,10,14H,7H2,1-3H3. The van der Waals surface area contributed by atoms with Crippen LogP contribution >= 0.6 is 15.9 Å². The molecule has 2 nitrogen and oxygen atoms in total. The number of hydrogen-bond acceptors (Lipinski definition) is 2. The number of nitrogens with zero attached hydrogens (tertiary/aromatic N) is 1. The molecule has 0 fully saturated rings. The molecule has 1 N–H and O–H groups in total. The van der Waals surface area contributed by atoms with Crippen LogP contribution < -0.4 is 0 Å². The zero-order valence-corrected chi connectivity index (χ0v) is 10.4. The third-order valence-electron chi connectivity index (χ3n) is 2.10. The van der Waals surface area contributed by atoms with Gasteiger partial charge in [-0.1, -0.05) is 22.0 Å². The number of aryl methyl sites for hydroxylation is 1. The zero-order valence-electron chi connectivity index (χ0n) is 8.79. The summed E-state index contributed by atoms with van der Waals surface area (Å²) in [6.45, 7) is 5.56. The first-order valence-corrected chi connectivity index (χ1v) is 5.60. The molecule has 0 saturated carbocycles. The molecule has 0 aromatic carbocycles. The molecule has 14 heavy (non-hydrogen) atoms. The van der Waals surface area contributed by atoms with E-state index in [4.69, 9.17) is 0 Å². The molecule has 0 amide bonds. The van der Waals surface area contributed by atoms with Crippen LogP contribution in [0.15, 0.2) is 18.2 Å². The first-order chi connectivity index (χ1) is 6.39. The van der Waals surface area contributed by atoms with Crippen molar-refractivity contribution in [3.8, 4) is 0 Å². The van der Waals surface area contributed by atoms with Gasteiger partial charge in [0.2, 0.25) is 0 Å². The van der Waals surface area contributed by atoms with Crippen molar-refractivity contribution in [2.75, 3.05) is 0 Å². The highest BCUT2D eigenvalue weighted by Crippen LogP contribution is 2.20. The molecule has 0 spiro atoms. The van der Waals surface area contributed by atoms with E-state index in [2.05, 4.69) is 20.9 Å². The number of alkyl halides is 1. The van der Waals surface area contributed by atoms with Crippen LogP contribution in [-0.4, -0.2) is 20.5 Å². The van der Waals surface area contributed by atoms with Crippen LogP contribution in [0, 0.1) is 6.92 Å². The maximum Gasteiger partial charge on any atom is 0.0720 e. The van der Waals surface area contributed by atoms with Crippen LogP contribution in [0.2, 0.25) is 0 Å². The minimum absolute atomic E-state index is 0.0318. The maximum atomic E-state index is 9.74. The SMILES string of the molecule is Cc1cccc(CC(Br)C(C)(C)O)n1. The lowest BCUT2D eigenvalue weighted by molar-refractivity contribution is 0.0794. The van der Waals surface area contributed by atoms with E-state index in [0.717, 1.165) is 17.8 Å². The van der Waals surface area contributed by atoms with Crippen molar-refractivity contribution in [1.29, 1.82) is 0 Å². The van der Waals surface area contributed by atoms with Crippen molar-refractivity contribution < 1.29 is 5.11 Å². The monoisotopic (exact) mass is 257 g/mol. The highest BCUT2D eigenvalue weighted by Gasteiger charge is 2.24. The van der Waals surface area contributed by atoms with E-state index in [0.29, 0.717) is 0 Å². The van der Waals surface area contributed by atoms with E-state index in [1.807, 2.05) is 25.1 Å². The Labute approximate surface area is 93.5 Å². The van der Waals surface area contributed by atoms with Crippen LogP contribution in [-0.2, 0) is 6.42 Å². The fourth-order valence-corrected chi connectivity index (χ4v) is 1.48. The fourth-order valence-electron chi connectivity index (χ4n) is 1.15. The number of aromatic nitrogens is 1. The lowest BCUT2D eigenvalue weighted by Gasteiger charge is -2.23. The molecular formula is C11H16BrNO. The quantitative estimate of drug-likeness (QED) is 0.845. The van der Waals surface area contributed by atoms with Gasteiger partial charge < -0.3 is 5.11 Å². The minimum Gasteiger partial charge on any atom is -0.389 e. The Morgan fingerprint density at radius 1 is 1.50 bits per heavy atom. The molecule has 78 valence electrons.